The molecule has 2 N–H and O–H groups in total. The minimum Gasteiger partial charge on any atom is -0.396 e. The van der Waals surface area contributed by atoms with Gasteiger partial charge in [-0.3, -0.25) is 14.2 Å². The highest BCUT2D eigenvalue weighted by Gasteiger charge is 2.21. The summed E-state index contributed by atoms with van der Waals surface area (Å²) in [6.07, 6.45) is 7.18. The number of nitrogens with zero attached hydrogens (tertiary/aromatic N) is 3. The molecule has 0 amide bonds. The van der Waals surface area contributed by atoms with Crippen LogP contribution in [0.5, 0.6) is 0 Å². The highest BCUT2D eigenvalue weighted by atomic mass is 32.2. The van der Waals surface area contributed by atoms with E-state index in [9.17, 15) is 4.21 Å². The van der Waals surface area contributed by atoms with E-state index in [2.05, 4.69) is 16.9 Å². The summed E-state index contributed by atoms with van der Waals surface area (Å²) in [6.45, 7) is 2.09. The van der Waals surface area contributed by atoms with Crippen LogP contribution in [-0.2, 0) is 10.8 Å². The third kappa shape index (κ3) is 3.55. The lowest BCUT2D eigenvalue weighted by Crippen LogP contribution is -1.99. The number of hydrogen-bond donors (Lipinski definition) is 1. The largest absolute Gasteiger partial charge is 0.396 e. The summed E-state index contributed by atoms with van der Waals surface area (Å²) >= 11 is 1.42. The van der Waals surface area contributed by atoms with Crippen LogP contribution in [0.3, 0.4) is 0 Å². The molecule has 0 saturated heterocycles. The summed E-state index contributed by atoms with van der Waals surface area (Å²) in [5, 5.41) is 0.830. The number of anilines is 1. The molecule has 0 aliphatic carbocycles. The second-order valence-corrected chi connectivity index (χ2v) is 9.16. The second kappa shape index (κ2) is 8.16. The molecule has 0 spiro atoms. The van der Waals surface area contributed by atoms with Crippen molar-refractivity contribution in [3.63, 3.8) is 0 Å². The zero-order valence-electron chi connectivity index (χ0n) is 15.5. The van der Waals surface area contributed by atoms with Crippen LogP contribution < -0.4 is 5.73 Å². The predicted molar refractivity (Wildman–Crippen MR) is 117 cm³/mol. The average Bonchev–Trinajstić information content (AvgIpc) is 3.09. The van der Waals surface area contributed by atoms with Gasteiger partial charge in [-0.2, -0.15) is 0 Å². The maximum atomic E-state index is 12.8. The van der Waals surface area contributed by atoms with Crippen LogP contribution in [0.25, 0.3) is 32.7 Å². The smallest absolute Gasteiger partial charge is 0.127 e. The Morgan fingerprint density at radius 1 is 1.14 bits per heavy atom. The standard InChI is InChI=1S/C21H20N4OS2/c1-2-3-11-28(26)21-19(22)18-15(16-8-4-5-10-24-16)12-17(25-20(18)27-21)14-7-6-9-23-13-14/h4-10,12-13H,2-3,11,22H2,1H3. The van der Waals surface area contributed by atoms with Crippen LogP contribution in [-0.4, -0.2) is 24.9 Å². The summed E-state index contributed by atoms with van der Waals surface area (Å²) in [5.74, 6) is 0.613. The second-order valence-electron chi connectivity index (χ2n) is 6.40. The van der Waals surface area contributed by atoms with E-state index in [-0.39, 0.29) is 0 Å². The van der Waals surface area contributed by atoms with Crippen LogP contribution in [0.4, 0.5) is 5.69 Å². The molecular formula is C21H20N4OS2. The summed E-state index contributed by atoms with van der Waals surface area (Å²) in [6, 6.07) is 11.6. The first-order valence-electron chi connectivity index (χ1n) is 9.12. The molecule has 4 rings (SSSR count). The molecule has 7 heteroatoms. The van der Waals surface area contributed by atoms with E-state index in [1.54, 1.807) is 18.6 Å². The number of unbranched alkanes of at least 4 members (excludes halogenated alkanes) is 1. The summed E-state index contributed by atoms with van der Waals surface area (Å²) in [4.78, 5) is 14.3. The van der Waals surface area contributed by atoms with Crippen LogP contribution >= 0.6 is 11.3 Å². The third-order valence-electron chi connectivity index (χ3n) is 4.45. The van der Waals surface area contributed by atoms with E-state index in [1.807, 2.05) is 36.4 Å². The number of fused-ring (bicyclic) bond motifs is 1. The first-order chi connectivity index (χ1) is 13.7. The minimum absolute atomic E-state index is 0.556. The zero-order chi connectivity index (χ0) is 19.5. The number of aromatic nitrogens is 3. The lowest BCUT2D eigenvalue weighted by molar-refractivity contribution is 0.681. The molecule has 28 heavy (non-hydrogen) atoms. The van der Waals surface area contributed by atoms with E-state index in [0.717, 1.165) is 45.6 Å². The van der Waals surface area contributed by atoms with Gasteiger partial charge in [0.1, 0.15) is 9.04 Å². The van der Waals surface area contributed by atoms with Gasteiger partial charge in [-0.1, -0.05) is 19.4 Å². The van der Waals surface area contributed by atoms with Crippen molar-refractivity contribution in [3.8, 4) is 22.5 Å². The van der Waals surface area contributed by atoms with Crippen LogP contribution in [0, 0.1) is 0 Å². The van der Waals surface area contributed by atoms with E-state index < -0.39 is 10.8 Å². The molecule has 4 aromatic heterocycles. The van der Waals surface area contributed by atoms with Gasteiger partial charge in [-0.05, 0) is 36.8 Å². The molecule has 5 nitrogen and oxygen atoms in total. The fourth-order valence-electron chi connectivity index (χ4n) is 3.02. The fourth-order valence-corrected chi connectivity index (χ4v) is 5.82. The van der Waals surface area contributed by atoms with Gasteiger partial charge in [0.2, 0.25) is 0 Å². The van der Waals surface area contributed by atoms with Crippen molar-refractivity contribution in [1.29, 1.82) is 0 Å². The molecule has 0 bridgehead atoms. The predicted octanol–water partition coefficient (Wildman–Crippen LogP) is 4.91. The molecule has 0 aliphatic heterocycles. The van der Waals surface area contributed by atoms with Crippen molar-refractivity contribution >= 4 is 38.0 Å². The highest BCUT2D eigenvalue weighted by Crippen LogP contribution is 2.42. The van der Waals surface area contributed by atoms with E-state index in [1.165, 1.54) is 11.3 Å². The minimum atomic E-state index is -1.12. The average molecular weight is 409 g/mol. The molecule has 0 radical (unpaired) electrons. The Morgan fingerprint density at radius 2 is 2.04 bits per heavy atom. The number of nitrogens with two attached hydrogens (primary N) is 1. The van der Waals surface area contributed by atoms with Gasteiger partial charge in [0.05, 0.1) is 27.9 Å². The normalized spacial score (nSPS) is 12.3. The van der Waals surface area contributed by atoms with Crippen molar-refractivity contribution in [2.45, 2.75) is 24.0 Å². The van der Waals surface area contributed by atoms with Gasteiger partial charge in [0.15, 0.2) is 0 Å². The zero-order valence-corrected chi connectivity index (χ0v) is 17.1. The summed E-state index contributed by atoms with van der Waals surface area (Å²) in [5.41, 5.74) is 10.5. The van der Waals surface area contributed by atoms with Gasteiger partial charge in [0.25, 0.3) is 0 Å². The Labute approximate surface area is 170 Å². The molecule has 0 aliphatic rings. The maximum absolute atomic E-state index is 12.8. The first kappa shape index (κ1) is 18.7. The third-order valence-corrected chi connectivity index (χ3v) is 7.45. The van der Waals surface area contributed by atoms with Gasteiger partial charge in [0, 0.05) is 40.9 Å². The lowest BCUT2D eigenvalue weighted by Gasteiger charge is -2.08. The fraction of sp³-hybridized carbons (Fsp3) is 0.190. The lowest BCUT2D eigenvalue weighted by atomic mass is 10.0. The molecule has 0 aromatic carbocycles. The molecule has 4 aromatic rings. The van der Waals surface area contributed by atoms with Gasteiger partial charge < -0.3 is 5.73 Å². The topological polar surface area (TPSA) is 81.8 Å². The SMILES string of the molecule is CCCCS(=O)c1sc2nc(-c3cccnc3)cc(-c3ccccn3)c2c1N. The molecule has 0 saturated carbocycles. The Balaban J connectivity index is 1.95. The molecular weight excluding hydrogens is 388 g/mol. The van der Waals surface area contributed by atoms with E-state index in [4.69, 9.17) is 10.7 Å². The highest BCUT2D eigenvalue weighted by molar-refractivity contribution is 7.87. The van der Waals surface area contributed by atoms with Crippen molar-refractivity contribution < 1.29 is 4.21 Å². The number of hydrogen-bond acceptors (Lipinski definition) is 6. The molecule has 1 atom stereocenters. The van der Waals surface area contributed by atoms with Crippen molar-refractivity contribution in [2.75, 3.05) is 11.5 Å². The van der Waals surface area contributed by atoms with Crippen LogP contribution in [0.15, 0.2) is 59.2 Å². The number of nitrogen functional groups attached to an aromatic ring is 1. The summed E-state index contributed by atoms with van der Waals surface area (Å²) < 4.78 is 13.5. The molecule has 4 heterocycles. The number of rotatable bonds is 6. The number of pyridine rings is 3. The molecule has 1 unspecified atom stereocenters. The summed E-state index contributed by atoms with van der Waals surface area (Å²) in [7, 11) is -1.12. The van der Waals surface area contributed by atoms with E-state index in [0.29, 0.717) is 15.6 Å². The Bertz CT molecular complexity index is 1130. The number of thiophene rings is 1. The van der Waals surface area contributed by atoms with Gasteiger partial charge in [-0.15, -0.1) is 11.3 Å². The van der Waals surface area contributed by atoms with Gasteiger partial charge >= 0.3 is 0 Å². The Hall–Kier alpha value is -2.64. The Kier molecular flexibility index (Phi) is 5.45. The molecule has 142 valence electrons. The first-order valence-corrected chi connectivity index (χ1v) is 11.3. The van der Waals surface area contributed by atoms with Crippen molar-refractivity contribution in [1.82, 2.24) is 15.0 Å². The quantitative estimate of drug-likeness (QED) is 0.490. The monoisotopic (exact) mass is 408 g/mol. The van der Waals surface area contributed by atoms with Crippen molar-refractivity contribution in [2.24, 2.45) is 0 Å². The van der Waals surface area contributed by atoms with Crippen molar-refractivity contribution in [3.05, 3.63) is 55.0 Å². The Morgan fingerprint density at radius 3 is 2.75 bits per heavy atom. The van der Waals surface area contributed by atoms with Gasteiger partial charge in [-0.25, -0.2) is 4.98 Å². The van der Waals surface area contributed by atoms with E-state index >= 15 is 0 Å². The molecule has 0 fully saturated rings. The van der Waals surface area contributed by atoms with Crippen LogP contribution in [0.2, 0.25) is 0 Å². The van der Waals surface area contributed by atoms with Crippen LogP contribution in [0.1, 0.15) is 19.8 Å². The maximum Gasteiger partial charge on any atom is 0.127 e.